The number of ether oxygens (including phenoxy) is 1. The summed E-state index contributed by atoms with van der Waals surface area (Å²) in [5.41, 5.74) is 2.58. The van der Waals surface area contributed by atoms with E-state index < -0.39 is 0 Å². The second-order valence-corrected chi connectivity index (χ2v) is 5.20. The third-order valence-electron chi connectivity index (χ3n) is 2.98. The first kappa shape index (κ1) is 14.1. The van der Waals surface area contributed by atoms with Crippen molar-refractivity contribution in [1.82, 2.24) is 5.32 Å². The van der Waals surface area contributed by atoms with Crippen LogP contribution >= 0.6 is 15.9 Å². The zero-order chi connectivity index (χ0) is 13.5. The molecule has 0 amide bonds. The van der Waals surface area contributed by atoms with Gasteiger partial charge in [-0.3, -0.25) is 0 Å². The molecule has 19 heavy (non-hydrogen) atoms. The molecule has 0 saturated carbocycles. The molecule has 1 N–H and O–H groups in total. The van der Waals surface area contributed by atoms with E-state index in [0.717, 1.165) is 23.2 Å². The molecule has 0 atom stereocenters. The van der Waals surface area contributed by atoms with Gasteiger partial charge in [0, 0.05) is 0 Å². The summed E-state index contributed by atoms with van der Waals surface area (Å²) in [6.45, 7) is 1.58. The molecular formula is C16H18BrNO. The van der Waals surface area contributed by atoms with E-state index in [1.54, 1.807) is 0 Å². The fourth-order valence-corrected chi connectivity index (χ4v) is 2.32. The Balaban J connectivity index is 2.05. The first-order valence-corrected chi connectivity index (χ1v) is 7.19. The van der Waals surface area contributed by atoms with Gasteiger partial charge < -0.3 is 10.1 Å². The lowest BCUT2D eigenvalue weighted by atomic mass is 10.1. The standard InChI is InChI=1S/C16H18BrNO/c1-18-11-10-13-6-2-3-7-14(13)12-19-16-9-5-4-8-15(16)17/h2-9,18H,10-12H2,1H3. The number of nitrogens with one attached hydrogen (secondary N) is 1. The van der Waals surface area contributed by atoms with Gasteiger partial charge in [-0.05, 0) is 59.2 Å². The van der Waals surface area contributed by atoms with Crippen LogP contribution in [0.1, 0.15) is 11.1 Å². The predicted octanol–water partition coefficient (Wildman–Crippen LogP) is 3.79. The van der Waals surface area contributed by atoms with Crippen LogP contribution < -0.4 is 10.1 Å². The first-order chi connectivity index (χ1) is 9.31. The average molecular weight is 320 g/mol. The van der Waals surface area contributed by atoms with Crippen molar-refractivity contribution in [2.75, 3.05) is 13.6 Å². The average Bonchev–Trinajstić information content (AvgIpc) is 2.45. The van der Waals surface area contributed by atoms with Crippen LogP contribution in [0.3, 0.4) is 0 Å². The number of hydrogen-bond acceptors (Lipinski definition) is 2. The van der Waals surface area contributed by atoms with E-state index in [2.05, 4.69) is 45.5 Å². The van der Waals surface area contributed by atoms with Gasteiger partial charge in [0.2, 0.25) is 0 Å². The lowest BCUT2D eigenvalue weighted by molar-refractivity contribution is 0.303. The summed E-state index contributed by atoms with van der Waals surface area (Å²) in [4.78, 5) is 0. The summed E-state index contributed by atoms with van der Waals surface area (Å²) >= 11 is 3.50. The van der Waals surface area contributed by atoms with Crippen LogP contribution in [0.25, 0.3) is 0 Å². The first-order valence-electron chi connectivity index (χ1n) is 6.40. The lowest BCUT2D eigenvalue weighted by Crippen LogP contribution is -2.12. The van der Waals surface area contributed by atoms with E-state index >= 15 is 0 Å². The van der Waals surface area contributed by atoms with Gasteiger partial charge in [0.15, 0.2) is 0 Å². The Morgan fingerprint density at radius 3 is 2.42 bits per heavy atom. The Kier molecular flexibility index (Phi) is 5.43. The summed E-state index contributed by atoms with van der Waals surface area (Å²) in [5, 5.41) is 3.18. The van der Waals surface area contributed by atoms with Crippen LogP contribution in [0.5, 0.6) is 5.75 Å². The Morgan fingerprint density at radius 2 is 1.68 bits per heavy atom. The molecule has 0 aromatic heterocycles. The number of para-hydroxylation sites is 1. The van der Waals surface area contributed by atoms with Crippen molar-refractivity contribution in [2.24, 2.45) is 0 Å². The minimum Gasteiger partial charge on any atom is -0.488 e. The third-order valence-corrected chi connectivity index (χ3v) is 3.64. The number of likely N-dealkylation sites (N-methyl/N-ethyl adjacent to an activating group) is 1. The Labute approximate surface area is 122 Å². The molecular weight excluding hydrogens is 302 g/mol. The van der Waals surface area contributed by atoms with Gasteiger partial charge in [-0.1, -0.05) is 36.4 Å². The second kappa shape index (κ2) is 7.31. The molecule has 0 bridgehead atoms. The van der Waals surface area contributed by atoms with Crippen LogP contribution in [0.2, 0.25) is 0 Å². The van der Waals surface area contributed by atoms with Crippen LogP contribution in [0, 0.1) is 0 Å². The normalized spacial score (nSPS) is 10.4. The number of benzene rings is 2. The van der Waals surface area contributed by atoms with Gasteiger partial charge in [-0.25, -0.2) is 0 Å². The molecule has 100 valence electrons. The molecule has 0 heterocycles. The molecule has 0 unspecified atom stereocenters. The Morgan fingerprint density at radius 1 is 1.00 bits per heavy atom. The molecule has 2 rings (SSSR count). The van der Waals surface area contributed by atoms with Gasteiger partial charge in [0.05, 0.1) is 4.47 Å². The zero-order valence-corrected chi connectivity index (χ0v) is 12.6. The Bertz CT molecular complexity index is 528. The van der Waals surface area contributed by atoms with Crippen molar-refractivity contribution in [1.29, 1.82) is 0 Å². The minimum atomic E-state index is 0.600. The molecule has 3 heteroatoms. The van der Waals surface area contributed by atoms with Crippen LogP contribution in [0.15, 0.2) is 53.0 Å². The molecule has 0 saturated heterocycles. The topological polar surface area (TPSA) is 21.3 Å². The van der Waals surface area contributed by atoms with Gasteiger partial charge in [-0.2, -0.15) is 0 Å². The highest BCUT2D eigenvalue weighted by atomic mass is 79.9. The van der Waals surface area contributed by atoms with E-state index in [1.807, 2.05) is 31.3 Å². The van der Waals surface area contributed by atoms with Crippen molar-refractivity contribution in [3.05, 3.63) is 64.1 Å². The summed E-state index contributed by atoms with van der Waals surface area (Å²) in [7, 11) is 1.97. The number of halogens is 1. The third kappa shape index (κ3) is 4.08. The molecule has 0 radical (unpaired) electrons. The molecule has 0 aliphatic carbocycles. The van der Waals surface area contributed by atoms with E-state index in [4.69, 9.17) is 4.74 Å². The van der Waals surface area contributed by atoms with Crippen molar-refractivity contribution >= 4 is 15.9 Å². The van der Waals surface area contributed by atoms with Crippen molar-refractivity contribution < 1.29 is 4.74 Å². The molecule has 0 spiro atoms. The van der Waals surface area contributed by atoms with Gasteiger partial charge in [0.1, 0.15) is 12.4 Å². The van der Waals surface area contributed by atoms with Gasteiger partial charge in [0.25, 0.3) is 0 Å². The summed E-state index contributed by atoms with van der Waals surface area (Å²) < 4.78 is 6.86. The molecule has 0 aliphatic rings. The maximum atomic E-state index is 5.88. The highest BCUT2D eigenvalue weighted by Crippen LogP contribution is 2.25. The van der Waals surface area contributed by atoms with Crippen LogP contribution in [-0.4, -0.2) is 13.6 Å². The SMILES string of the molecule is CNCCc1ccccc1COc1ccccc1Br. The zero-order valence-electron chi connectivity index (χ0n) is 11.0. The number of hydrogen-bond donors (Lipinski definition) is 1. The smallest absolute Gasteiger partial charge is 0.133 e. The Hall–Kier alpha value is -1.32. The highest BCUT2D eigenvalue weighted by Gasteiger charge is 2.04. The second-order valence-electron chi connectivity index (χ2n) is 4.34. The molecule has 0 aliphatic heterocycles. The lowest BCUT2D eigenvalue weighted by Gasteiger charge is -2.12. The maximum absolute atomic E-state index is 5.88. The quantitative estimate of drug-likeness (QED) is 0.874. The number of rotatable bonds is 6. The van der Waals surface area contributed by atoms with Gasteiger partial charge in [-0.15, -0.1) is 0 Å². The fraction of sp³-hybridized carbons (Fsp3) is 0.250. The summed E-state index contributed by atoms with van der Waals surface area (Å²) in [6.07, 6.45) is 1.02. The molecule has 2 nitrogen and oxygen atoms in total. The van der Waals surface area contributed by atoms with E-state index in [9.17, 15) is 0 Å². The van der Waals surface area contributed by atoms with E-state index in [-0.39, 0.29) is 0 Å². The molecule has 0 fully saturated rings. The fourth-order valence-electron chi connectivity index (χ4n) is 1.92. The highest BCUT2D eigenvalue weighted by molar-refractivity contribution is 9.10. The monoisotopic (exact) mass is 319 g/mol. The van der Waals surface area contributed by atoms with Gasteiger partial charge >= 0.3 is 0 Å². The van der Waals surface area contributed by atoms with Crippen molar-refractivity contribution in [3.63, 3.8) is 0 Å². The molecule has 2 aromatic rings. The maximum Gasteiger partial charge on any atom is 0.133 e. The van der Waals surface area contributed by atoms with Crippen LogP contribution in [-0.2, 0) is 13.0 Å². The minimum absolute atomic E-state index is 0.600. The van der Waals surface area contributed by atoms with E-state index in [0.29, 0.717) is 6.61 Å². The predicted molar refractivity (Wildman–Crippen MR) is 82.5 cm³/mol. The molecule has 2 aromatic carbocycles. The van der Waals surface area contributed by atoms with E-state index in [1.165, 1.54) is 11.1 Å². The summed E-state index contributed by atoms with van der Waals surface area (Å²) in [5.74, 6) is 0.880. The van der Waals surface area contributed by atoms with Crippen LogP contribution in [0.4, 0.5) is 0 Å². The summed E-state index contributed by atoms with van der Waals surface area (Å²) in [6, 6.07) is 16.3. The van der Waals surface area contributed by atoms with Crippen molar-refractivity contribution in [3.8, 4) is 5.75 Å². The van der Waals surface area contributed by atoms with Crippen molar-refractivity contribution in [2.45, 2.75) is 13.0 Å². The largest absolute Gasteiger partial charge is 0.488 e.